The van der Waals surface area contributed by atoms with Gasteiger partial charge in [-0.15, -0.1) is 0 Å². The standard InChI is InChI=1S/C50H31N5O/c1-5-17-39-34(13-1)35-14-2-6-18-40(35)54(39)45-29-30-46(55-41-19-7-3-15-36(41)37-16-4-8-20-42(37)55)50-49(45)51-31-38(52-50)32-25-27-33(28-26-32)53-43-21-9-11-23-47(43)56-48-24-12-10-22-44(48)53/h1-31H. The van der Waals surface area contributed by atoms with Crippen molar-refractivity contribution in [3.63, 3.8) is 0 Å². The molecular formula is C50H31N5O. The molecule has 0 aliphatic carbocycles. The maximum absolute atomic E-state index is 6.28. The minimum Gasteiger partial charge on any atom is -0.453 e. The predicted molar refractivity (Wildman–Crippen MR) is 228 cm³/mol. The first-order chi connectivity index (χ1) is 27.8. The SMILES string of the molecule is c1ccc2c(c1)Oc1ccccc1N2c1ccc(-c2cnc3c(-n4c5ccccc5c5ccccc54)ccc(-n4c5ccccc5c5ccccc54)c3n2)cc1. The second-order valence-electron chi connectivity index (χ2n) is 14.2. The molecule has 262 valence electrons. The summed E-state index contributed by atoms with van der Waals surface area (Å²) < 4.78 is 11.0. The van der Waals surface area contributed by atoms with E-state index in [-0.39, 0.29) is 0 Å². The van der Waals surface area contributed by atoms with Gasteiger partial charge in [0.15, 0.2) is 11.5 Å². The van der Waals surface area contributed by atoms with E-state index in [4.69, 9.17) is 14.7 Å². The molecule has 0 saturated carbocycles. The molecule has 0 radical (unpaired) electrons. The van der Waals surface area contributed by atoms with Crippen LogP contribution in [-0.2, 0) is 0 Å². The maximum Gasteiger partial charge on any atom is 0.151 e. The highest BCUT2D eigenvalue weighted by atomic mass is 16.5. The van der Waals surface area contributed by atoms with Crippen molar-refractivity contribution in [3.05, 3.63) is 188 Å². The molecule has 0 saturated heterocycles. The van der Waals surface area contributed by atoms with Crippen LogP contribution in [0, 0.1) is 0 Å². The van der Waals surface area contributed by atoms with Crippen molar-refractivity contribution in [2.75, 3.05) is 4.90 Å². The van der Waals surface area contributed by atoms with Crippen molar-refractivity contribution in [1.82, 2.24) is 19.1 Å². The number of hydrogen-bond donors (Lipinski definition) is 0. The Labute approximate surface area is 321 Å². The van der Waals surface area contributed by atoms with Crippen LogP contribution in [0.25, 0.3) is 77.3 Å². The van der Waals surface area contributed by atoms with Crippen molar-refractivity contribution < 1.29 is 4.74 Å². The molecular weight excluding hydrogens is 687 g/mol. The Morgan fingerprint density at radius 1 is 0.375 bits per heavy atom. The summed E-state index contributed by atoms with van der Waals surface area (Å²) in [4.78, 5) is 13.1. The topological polar surface area (TPSA) is 48.1 Å². The Morgan fingerprint density at radius 2 is 0.804 bits per heavy atom. The summed E-state index contributed by atoms with van der Waals surface area (Å²) in [5.41, 5.74) is 13.0. The van der Waals surface area contributed by atoms with E-state index in [1.807, 2.05) is 42.6 Å². The average molecular weight is 718 g/mol. The van der Waals surface area contributed by atoms with Crippen LogP contribution < -0.4 is 9.64 Å². The predicted octanol–water partition coefficient (Wildman–Crippen LogP) is 13.1. The molecule has 0 atom stereocenters. The summed E-state index contributed by atoms with van der Waals surface area (Å²) in [6.07, 6.45) is 1.92. The third kappa shape index (κ3) is 4.44. The van der Waals surface area contributed by atoms with Gasteiger partial charge in [0.25, 0.3) is 0 Å². The molecule has 0 fully saturated rings. The largest absolute Gasteiger partial charge is 0.453 e. The number of hydrogen-bond acceptors (Lipinski definition) is 4. The summed E-state index contributed by atoms with van der Waals surface area (Å²) in [5.74, 6) is 1.65. The van der Waals surface area contributed by atoms with Gasteiger partial charge in [-0.25, -0.2) is 4.98 Å². The van der Waals surface area contributed by atoms with E-state index >= 15 is 0 Å². The first kappa shape index (κ1) is 30.7. The molecule has 0 bridgehead atoms. The van der Waals surface area contributed by atoms with E-state index in [0.717, 1.165) is 84.3 Å². The summed E-state index contributed by atoms with van der Waals surface area (Å²) in [6.45, 7) is 0. The van der Waals surface area contributed by atoms with Crippen molar-refractivity contribution in [3.8, 4) is 34.1 Å². The van der Waals surface area contributed by atoms with Crippen LogP contribution in [0.15, 0.2) is 188 Å². The van der Waals surface area contributed by atoms with E-state index < -0.39 is 0 Å². The number of fused-ring (bicyclic) bond motifs is 9. The molecule has 0 spiro atoms. The monoisotopic (exact) mass is 717 g/mol. The summed E-state index contributed by atoms with van der Waals surface area (Å²) in [6, 6.07) is 63.8. The molecule has 1 aliphatic rings. The van der Waals surface area contributed by atoms with Gasteiger partial charge in [0.1, 0.15) is 11.0 Å². The van der Waals surface area contributed by atoms with Gasteiger partial charge in [-0.05, 0) is 72.8 Å². The Balaban J connectivity index is 1.08. The van der Waals surface area contributed by atoms with Gasteiger partial charge in [0, 0.05) is 32.8 Å². The molecule has 56 heavy (non-hydrogen) atoms. The highest BCUT2D eigenvalue weighted by Crippen LogP contribution is 2.50. The minimum absolute atomic E-state index is 0.799. The number of nitrogens with zero attached hydrogens (tertiary/aromatic N) is 5. The van der Waals surface area contributed by atoms with E-state index in [1.165, 1.54) is 21.5 Å². The number of ether oxygens (including phenoxy) is 1. The molecule has 3 aromatic heterocycles. The lowest BCUT2D eigenvalue weighted by molar-refractivity contribution is 0.477. The Bertz CT molecular complexity index is 3210. The smallest absolute Gasteiger partial charge is 0.151 e. The van der Waals surface area contributed by atoms with Crippen LogP contribution in [0.3, 0.4) is 0 Å². The highest BCUT2D eigenvalue weighted by molar-refractivity contribution is 6.12. The number of anilines is 3. The minimum atomic E-state index is 0.799. The fourth-order valence-corrected chi connectivity index (χ4v) is 8.70. The Hall–Kier alpha value is -7.70. The fraction of sp³-hybridized carbons (Fsp3) is 0. The number of benzene rings is 8. The molecule has 1 aliphatic heterocycles. The lowest BCUT2D eigenvalue weighted by Gasteiger charge is -2.32. The van der Waals surface area contributed by atoms with E-state index in [0.29, 0.717) is 0 Å². The van der Waals surface area contributed by atoms with E-state index in [2.05, 4.69) is 160 Å². The van der Waals surface area contributed by atoms with Gasteiger partial charge in [0.2, 0.25) is 0 Å². The second-order valence-corrected chi connectivity index (χ2v) is 14.2. The molecule has 8 aromatic carbocycles. The summed E-state index contributed by atoms with van der Waals surface area (Å²) in [5, 5.41) is 4.82. The number of para-hydroxylation sites is 8. The maximum atomic E-state index is 6.28. The zero-order valence-electron chi connectivity index (χ0n) is 30.0. The van der Waals surface area contributed by atoms with Crippen molar-refractivity contribution in [1.29, 1.82) is 0 Å². The quantitative estimate of drug-likeness (QED) is 0.182. The highest BCUT2D eigenvalue weighted by Gasteiger charge is 2.26. The van der Waals surface area contributed by atoms with Crippen LogP contribution in [0.1, 0.15) is 0 Å². The van der Waals surface area contributed by atoms with Crippen molar-refractivity contribution >= 4 is 71.7 Å². The van der Waals surface area contributed by atoms with Crippen LogP contribution in [0.4, 0.5) is 17.1 Å². The van der Waals surface area contributed by atoms with Crippen LogP contribution >= 0.6 is 0 Å². The first-order valence-corrected chi connectivity index (χ1v) is 18.8. The third-order valence-corrected chi connectivity index (χ3v) is 11.2. The average Bonchev–Trinajstić information content (AvgIpc) is 3.78. The van der Waals surface area contributed by atoms with Crippen LogP contribution in [0.2, 0.25) is 0 Å². The second kappa shape index (κ2) is 11.9. The van der Waals surface area contributed by atoms with Gasteiger partial charge in [-0.1, -0.05) is 109 Å². The van der Waals surface area contributed by atoms with Crippen molar-refractivity contribution in [2.45, 2.75) is 0 Å². The summed E-state index contributed by atoms with van der Waals surface area (Å²) in [7, 11) is 0. The molecule has 11 aromatic rings. The van der Waals surface area contributed by atoms with Crippen LogP contribution in [-0.4, -0.2) is 19.1 Å². The zero-order chi connectivity index (χ0) is 36.7. The van der Waals surface area contributed by atoms with Gasteiger partial charge in [-0.3, -0.25) is 4.98 Å². The van der Waals surface area contributed by atoms with Gasteiger partial charge >= 0.3 is 0 Å². The number of rotatable bonds is 4. The fourth-order valence-electron chi connectivity index (χ4n) is 8.70. The molecule has 0 unspecified atom stereocenters. The van der Waals surface area contributed by atoms with E-state index in [9.17, 15) is 0 Å². The molecule has 12 rings (SSSR count). The van der Waals surface area contributed by atoms with Gasteiger partial charge in [-0.2, -0.15) is 0 Å². The lowest BCUT2D eigenvalue weighted by Crippen LogP contribution is -2.15. The zero-order valence-corrected chi connectivity index (χ0v) is 30.0. The molecule has 6 nitrogen and oxygen atoms in total. The van der Waals surface area contributed by atoms with Gasteiger partial charge < -0.3 is 18.8 Å². The van der Waals surface area contributed by atoms with E-state index in [1.54, 1.807) is 0 Å². The van der Waals surface area contributed by atoms with Gasteiger partial charge in [0.05, 0.1) is 56.7 Å². The Kier molecular flexibility index (Phi) is 6.53. The lowest BCUT2D eigenvalue weighted by atomic mass is 10.1. The normalized spacial score (nSPS) is 12.4. The summed E-state index contributed by atoms with van der Waals surface area (Å²) >= 11 is 0. The molecule has 0 amide bonds. The molecule has 6 heteroatoms. The Morgan fingerprint density at radius 3 is 1.30 bits per heavy atom. The number of aromatic nitrogens is 4. The molecule has 4 heterocycles. The van der Waals surface area contributed by atoms with Crippen molar-refractivity contribution in [2.24, 2.45) is 0 Å². The van der Waals surface area contributed by atoms with Crippen LogP contribution in [0.5, 0.6) is 11.5 Å². The third-order valence-electron chi connectivity index (χ3n) is 11.2. The molecule has 0 N–H and O–H groups in total. The first-order valence-electron chi connectivity index (χ1n) is 18.8.